The monoisotopic (exact) mass is 347 g/mol. The van der Waals surface area contributed by atoms with Gasteiger partial charge in [0.15, 0.2) is 0 Å². The van der Waals surface area contributed by atoms with Crippen LogP contribution in [0.2, 0.25) is 5.02 Å². The van der Waals surface area contributed by atoms with Crippen LogP contribution in [0.4, 0.5) is 5.82 Å². The zero-order valence-corrected chi connectivity index (χ0v) is 13.8. The number of piperazine rings is 1. The van der Waals surface area contributed by atoms with Gasteiger partial charge >= 0.3 is 0 Å². The first-order valence-electron chi connectivity index (χ1n) is 7.66. The molecule has 0 saturated carbocycles. The lowest BCUT2D eigenvalue weighted by Gasteiger charge is -2.25. The molecule has 2 heterocycles. The van der Waals surface area contributed by atoms with E-state index in [-0.39, 0.29) is 24.9 Å². The molecule has 0 unspecified atom stereocenters. The van der Waals surface area contributed by atoms with Gasteiger partial charge in [-0.25, -0.2) is 4.68 Å². The van der Waals surface area contributed by atoms with Crippen LogP contribution in [0.15, 0.2) is 36.5 Å². The topological polar surface area (TPSA) is 79.3 Å². The highest BCUT2D eigenvalue weighted by atomic mass is 35.5. The molecule has 0 spiro atoms. The number of carbonyl (C=O) groups is 2. The number of rotatable bonds is 5. The summed E-state index contributed by atoms with van der Waals surface area (Å²) in [6.45, 7) is 2.11. The summed E-state index contributed by atoms with van der Waals surface area (Å²) < 4.78 is 1.68. The molecule has 7 nitrogen and oxygen atoms in total. The summed E-state index contributed by atoms with van der Waals surface area (Å²) in [6.07, 6.45) is 1.63. The first kappa shape index (κ1) is 16.5. The molecule has 126 valence electrons. The molecule has 3 rings (SSSR count). The third kappa shape index (κ3) is 4.12. The SMILES string of the molecule is O=C1CN(CC(=O)Nc2ccnn2Cc2ccccc2Cl)CCN1. The van der Waals surface area contributed by atoms with E-state index in [0.29, 0.717) is 30.5 Å². The number of benzene rings is 1. The van der Waals surface area contributed by atoms with Crippen LogP contribution < -0.4 is 10.6 Å². The fourth-order valence-corrected chi connectivity index (χ4v) is 2.76. The predicted molar refractivity (Wildman–Crippen MR) is 90.9 cm³/mol. The molecule has 0 atom stereocenters. The molecule has 8 heteroatoms. The molecule has 0 radical (unpaired) electrons. The molecule has 1 aromatic carbocycles. The molecule has 2 N–H and O–H groups in total. The largest absolute Gasteiger partial charge is 0.354 e. The molecule has 0 aliphatic carbocycles. The number of hydrogen-bond acceptors (Lipinski definition) is 4. The van der Waals surface area contributed by atoms with Crippen molar-refractivity contribution in [2.75, 3.05) is 31.5 Å². The summed E-state index contributed by atoms with van der Waals surface area (Å²) in [5.74, 6) is 0.366. The van der Waals surface area contributed by atoms with Gasteiger partial charge in [0, 0.05) is 24.2 Å². The molecule has 1 aliphatic rings. The standard InChI is InChI=1S/C16H18ClN5O2/c17-13-4-2-1-3-12(13)9-22-14(5-6-19-22)20-16(24)11-21-8-7-18-15(23)10-21/h1-6H,7-11H2,(H,18,23)(H,20,24). The Morgan fingerprint density at radius 1 is 1.33 bits per heavy atom. The van der Waals surface area contributed by atoms with E-state index in [0.717, 1.165) is 5.56 Å². The number of nitrogens with one attached hydrogen (secondary N) is 2. The van der Waals surface area contributed by atoms with Crippen molar-refractivity contribution in [2.24, 2.45) is 0 Å². The van der Waals surface area contributed by atoms with E-state index in [1.165, 1.54) is 0 Å². The lowest BCUT2D eigenvalue weighted by Crippen LogP contribution is -2.49. The molecule has 1 aliphatic heterocycles. The Kier molecular flexibility index (Phi) is 5.12. The maximum absolute atomic E-state index is 12.2. The fourth-order valence-electron chi connectivity index (χ4n) is 2.56. The van der Waals surface area contributed by atoms with Crippen molar-refractivity contribution < 1.29 is 9.59 Å². The van der Waals surface area contributed by atoms with Crippen molar-refractivity contribution in [1.82, 2.24) is 20.0 Å². The van der Waals surface area contributed by atoms with Crippen molar-refractivity contribution in [1.29, 1.82) is 0 Å². The Bertz CT molecular complexity index is 746. The highest BCUT2D eigenvalue weighted by Gasteiger charge is 2.19. The van der Waals surface area contributed by atoms with Gasteiger partial charge in [-0.15, -0.1) is 0 Å². The lowest BCUT2D eigenvalue weighted by molar-refractivity contribution is -0.125. The van der Waals surface area contributed by atoms with E-state index in [1.54, 1.807) is 16.9 Å². The maximum Gasteiger partial charge on any atom is 0.239 e. The predicted octanol–water partition coefficient (Wildman–Crippen LogP) is 0.955. The summed E-state index contributed by atoms with van der Waals surface area (Å²) in [6, 6.07) is 9.25. The molecule has 2 amide bonds. The summed E-state index contributed by atoms with van der Waals surface area (Å²) in [5, 5.41) is 10.5. The Morgan fingerprint density at radius 3 is 2.96 bits per heavy atom. The van der Waals surface area contributed by atoms with Gasteiger partial charge in [0.1, 0.15) is 5.82 Å². The fraction of sp³-hybridized carbons (Fsp3) is 0.312. The van der Waals surface area contributed by atoms with Gasteiger partial charge in [0.05, 0.1) is 25.8 Å². The molecule has 1 saturated heterocycles. The highest BCUT2D eigenvalue weighted by Crippen LogP contribution is 2.18. The van der Waals surface area contributed by atoms with Gasteiger partial charge in [-0.1, -0.05) is 29.8 Å². The summed E-state index contributed by atoms with van der Waals surface area (Å²) >= 11 is 6.17. The average molecular weight is 348 g/mol. The van der Waals surface area contributed by atoms with E-state index < -0.39 is 0 Å². The van der Waals surface area contributed by atoms with Crippen LogP contribution in [0.25, 0.3) is 0 Å². The second kappa shape index (κ2) is 7.46. The normalized spacial score (nSPS) is 15.1. The minimum atomic E-state index is -0.175. The summed E-state index contributed by atoms with van der Waals surface area (Å²) in [7, 11) is 0. The number of carbonyl (C=O) groups excluding carboxylic acids is 2. The van der Waals surface area contributed by atoms with Crippen molar-refractivity contribution >= 4 is 29.2 Å². The van der Waals surface area contributed by atoms with Crippen LogP contribution in [-0.2, 0) is 16.1 Å². The summed E-state index contributed by atoms with van der Waals surface area (Å²) in [4.78, 5) is 25.4. The number of amides is 2. The van der Waals surface area contributed by atoms with Crippen LogP contribution in [-0.4, -0.2) is 52.7 Å². The van der Waals surface area contributed by atoms with Gasteiger partial charge in [0.25, 0.3) is 0 Å². The first-order valence-corrected chi connectivity index (χ1v) is 8.04. The van der Waals surface area contributed by atoms with E-state index in [1.807, 2.05) is 29.2 Å². The van der Waals surface area contributed by atoms with Crippen LogP contribution in [0, 0.1) is 0 Å². The second-order valence-electron chi connectivity index (χ2n) is 5.57. The Hall–Kier alpha value is -2.38. The smallest absolute Gasteiger partial charge is 0.239 e. The Morgan fingerprint density at radius 2 is 2.17 bits per heavy atom. The zero-order chi connectivity index (χ0) is 16.9. The number of hydrogen-bond donors (Lipinski definition) is 2. The number of nitrogens with zero attached hydrogens (tertiary/aromatic N) is 3. The van der Waals surface area contributed by atoms with Crippen molar-refractivity contribution in [3.63, 3.8) is 0 Å². The molecule has 1 aromatic heterocycles. The number of halogens is 1. The third-order valence-electron chi connectivity index (χ3n) is 3.75. The number of anilines is 1. The molecule has 1 fully saturated rings. The quantitative estimate of drug-likeness (QED) is 0.844. The zero-order valence-electron chi connectivity index (χ0n) is 13.0. The van der Waals surface area contributed by atoms with Crippen LogP contribution >= 0.6 is 11.6 Å². The Balaban J connectivity index is 1.62. The van der Waals surface area contributed by atoms with Crippen LogP contribution in [0.3, 0.4) is 0 Å². The van der Waals surface area contributed by atoms with Gasteiger partial charge in [0.2, 0.25) is 11.8 Å². The molecular formula is C16H18ClN5O2. The van der Waals surface area contributed by atoms with Crippen molar-refractivity contribution in [3.05, 3.63) is 47.1 Å². The average Bonchev–Trinajstić information content (AvgIpc) is 2.96. The van der Waals surface area contributed by atoms with Gasteiger partial charge in [-0.2, -0.15) is 5.10 Å². The molecular weight excluding hydrogens is 330 g/mol. The Labute approximate surface area is 144 Å². The van der Waals surface area contributed by atoms with Gasteiger partial charge < -0.3 is 10.6 Å². The van der Waals surface area contributed by atoms with Crippen molar-refractivity contribution in [3.8, 4) is 0 Å². The van der Waals surface area contributed by atoms with E-state index in [2.05, 4.69) is 15.7 Å². The second-order valence-corrected chi connectivity index (χ2v) is 5.98. The van der Waals surface area contributed by atoms with Crippen molar-refractivity contribution in [2.45, 2.75) is 6.54 Å². The van der Waals surface area contributed by atoms with Gasteiger partial charge in [-0.3, -0.25) is 14.5 Å². The lowest BCUT2D eigenvalue weighted by atomic mass is 10.2. The molecule has 2 aromatic rings. The van der Waals surface area contributed by atoms with Crippen LogP contribution in [0.5, 0.6) is 0 Å². The minimum Gasteiger partial charge on any atom is -0.354 e. The number of aromatic nitrogens is 2. The van der Waals surface area contributed by atoms with Crippen LogP contribution in [0.1, 0.15) is 5.56 Å². The van der Waals surface area contributed by atoms with E-state index >= 15 is 0 Å². The minimum absolute atomic E-state index is 0.0576. The molecule has 24 heavy (non-hydrogen) atoms. The van der Waals surface area contributed by atoms with Gasteiger partial charge in [-0.05, 0) is 11.6 Å². The van der Waals surface area contributed by atoms with E-state index in [4.69, 9.17) is 11.6 Å². The maximum atomic E-state index is 12.2. The van der Waals surface area contributed by atoms with E-state index in [9.17, 15) is 9.59 Å². The first-order chi connectivity index (χ1) is 11.6. The third-order valence-corrected chi connectivity index (χ3v) is 4.12. The highest BCUT2D eigenvalue weighted by molar-refractivity contribution is 6.31. The molecule has 0 bridgehead atoms. The summed E-state index contributed by atoms with van der Waals surface area (Å²) in [5.41, 5.74) is 0.922.